The van der Waals surface area contributed by atoms with Crippen molar-refractivity contribution in [2.24, 2.45) is 0 Å². The molecule has 0 unspecified atom stereocenters. The maximum atomic E-state index is 13.0. The third-order valence-electron chi connectivity index (χ3n) is 5.48. The Morgan fingerprint density at radius 1 is 0.935 bits per heavy atom. The summed E-state index contributed by atoms with van der Waals surface area (Å²) in [6, 6.07) is 17.8. The summed E-state index contributed by atoms with van der Waals surface area (Å²) < 4.78 is 0. The first kappa shape index (κ1) is 20.3. The SMILES string of the molecule is O=C(Nc1c(Cl)cccc1Cl)c1cc2c(s1)-c1cc(-c3cccnc3)ccc1CCC2. The molecule has 2 aromatic carbocycles. The van der Waals surface area contributed by atoms with E-state index in [9.17, 15) is 4.79 Å². The normalized spacial score (nSPS) is 12.6. The second-order valence-electron chi connectivity index (χ2n) is 7.48. The van der Waals surface area contributed by atoms with Crippen molar-refractivity contribution in [3.8, 4) is 21.6 Å². The second-order valence-corrected chi connectivity index (χ2v) is 9.35. The zero-order valence-electron chi connectivity index (χ0n) is 16.5. The lowest BCUT2D eigenvalue weighted by Gasteiger charge is -2.10. The molecule has 31 heavy (non-hydrogen) atoms. The first-order chi connectivity index (χ1) is 15.1. The van der Waals surface area contributed by atoms with E-state index >= 15 is 0 Å². The number of hydrogen-bond acceptors (Lipinski definition) is 3. The van der Waals surface area contributed by atoms with Crippen LogP contribution in [0, 0.1) is 0 Å². The van der Waals surface area contributed by atoms with E-state index in [1.165, 1.54) is 28.0 Å². The second kappa shape index (κ2) is 8.46. The number of para-hydroxylation sites is 1. The number of amides is 1. The number of fused-ring (bicyclic) bond motifs is 3. The van der Waals surface area contributed by atoms with Crippen LogP contribution in [0.4, 0.5) is 5.69 Å². The molecule has 0 fully saturated rings. The van der Waals surface area contributed by atoms with Gasteiger partial charge in [0.15, 0.2) is 0 Å². The lowest BCUT2D eigenvalue weighted by atomic mass is 9.98. The molecule has 1 N–H and O–H groups in total. The molecule has 4 aromatic rings. The molecule has 1 aliphatic carbocycles. The van der Waals surface area contributed by atoms with Crippen molar-refractivity contribution in [3.05, 3.63) is 93.0 Å². The Morgan fingerprint density at radius 3 is 2.52 bits per heavy atom. The number of halogens is 2. The van der Waals surface area contributed by atoms with E-state index < -0.39 is 0 Å². The van der Waals surface area contributed by atoms with Crippen LogP contribution in [-0.2, 0) is 12.8 Å². The summed E-state index contributed by atoms with van der Waals surface area (Å²) in [5, 5.41) is 3.72. The van der Waals surface area contributed by atoms with Crippen molar-refractivity contribution in [2.75, 3.05) is 5.32 Å². The van der Waals surface area contributed by atoms with E-state index in [0.717, 1.165) is 35.3 Å². The van der Waals surface area contributed by atoms with Gasteiger partial charge in [0.05, 0.1) is 20.6 Å². The summed E-state index contributed by atoms with van der Waals surface area (Å²) in [4.78, 5) is 19.1. The Balaban J connectivity index is 1.53. The molecule has 0 radical (unpaired) electrons. The van der Waals surface area contributed by atoms with E-state index in [0.29, 0.717) is 20.6 Å². The van der Waals surface area contributed by atoms with Crippen LogP contribution in [0.3, 0.4) is 0 Å². The van der Waals surface area contributed by atoms with Gasteiger partial charge in [0.25, 0.3) is 5.91 Å². The molecule has 1 amide bonds. The smallest absolute Gasteiger partial charge is 0.265 e. The lowest BCUT2D eigenvalue weighted by Crippen LogP contribution is -2.11. The zero-order chi connectivity index (χ0) is 21.4. The Kier molecular flexibility index (Phi) is 5.53. The van der Waals surface area contributed by atoms with Gasteiger partial charge < -0.3 is 5.32 Å². The Morgan fingerprint density at radius 2 is 1.74 bits per heavy atom. The van der Waals surface area contributed by atoms with Gasteiger partial charge in [-0.15, -0.1) is 11.3 Å². The minimum Gasteiger partial charge on any atom is -0.319 e. The maximum absolute atomic E-state index is 13.0. The Bertz CT molecular complexity index is 1260. The maximum Gasteiger partial charge on any atom is 0.265 e. The monoisotopic (exact) mass is 464 g/mol. The van der Waals surface area contributed by atoms with Crippen LogP contribution < -0.4 is 5.32 Å². The van der Waals surface area contributed by atoms with Gasteiger partial charge in [0.2, 0.25) is 0 Å². The van der Waals surface area contributed by atoms with Gasteiger partial charge in [0, 0.05) is 22.8 Å². The number of thiophene rings is 1. The molecular formula is C25H18Cl2N2OS. The highest BCUT2D eigenvalue weighted by Gasteiger charge is 2.22. The molecule has 5 rings (SSSR count). The van der Waals surface area contributed by atoms with Crippen molar-refractivity contribution in [3.63, 3.8) is 0 Å². The van der Waals surface area contributed by atoms with Gasteiger partial charge in [-0.25, -0.2) is 0 Å². The average Bonchev–Trinajstić information content (AvgIpc) is 3.14. The van der Waals surface area contributed by atoms with Crippen LogP contribution >= 0.6 is 34.5 Å². The molecule has 154 valence electrons. The highest BCUT2D eigenvalue weighted by molar-refractivity contribution is 7.17. The number of nitrogens with one attached hydrogen (secondary N) is 1. The fourth-order valence-electron chi connectivity index (χ4n) is 3.93. The number of anilines is 1. The van der Waals surface area contributed by atoms with Gasteiger partial charge in [-0.1, -0.05) is 47.5 Å². The summed E-state index contributed by atoms with van der Waals surface area (Å²) in [5.74, 6) is -0.196. The summed E-state index contributed by atoms with van der Waals surface area (Å²) in [6.07, 6.45) is 6.69. The number of nitrogens with zero attached hydrogens (tertiary/aromatic N) is 1. The summed E-state index contributed by atoms with van der Waals surface area (Å²) in [5.41, 5.74) is 6.38. The predicted molar refractivity (Wildman–Crippen MR) is 129 cm³/mol. The van der Waals surface area contributed by atoms with E-state index in [4.69, 9.17) is 23.2 Å². The molecule has 0 bridgehead atoms. The largest absolute Gasteiger partial charge is 0.319 e. The summed E-state index contributed by atoms with van der Waals surface area (Å²) >= 11 is 14.0. The predicted octanol–water partition coefficient (Wildman–Crippen LogP) is 7.52. The Hall–Kier alpha value is -2.66. The van der Waals surface area contributed by atoms with Crippen LogP contribution in [-0.4, -0.2) is 10.9 Å². The lowest BCUT2D eigenvalue weighted by molar-refractivity contribution is 0.103. The first-order valence-electron chi connectivity index (χ1n) is 10.0. The number of aromatic nitrogens is 1. The van der Waals surface area contributed by atoms with Gasteiger partial charge in [-0.3, -0.25) is 9.78 Å². The molecule has 1 aliphatic rings. The van der Waals surface area contributed by atoms with Crippen molar-refractivity contribution < 1.29 is 4.79 Å². The van der Waals surface area contributed by atoms with Gasteiger partial charge in [-0.2, -0.15) is 0 Å². The molecule has 2 aromatic heterocycles. The molecule has 0 saturated heterocycles. The third kappa shape index (κ3) is 3.99. The van der Waals surface area contributed by atoms with Crippen molar-refractivity contribution in [1.82, 2.24) is 4.98 Å². The number of rotatable bonds is 3. The van der Waals surface area contributed by atoms with Gasteiger partial charge in [-0.05, 0) is 71.8 Å². The summed E-state index contributed by atoms with van der Waals surface area (Å²) in [6.45, 7) is 0. The highest BCUT2D eigenvalue weighted by atomic mass is 35.5. The summed E-state index contributed by atoms with van der Waals surface area (Å²) in [7, 11) is 0. The van der Waals surface area contributed by atoms with Crippen molar-refractivity contribution >= 4 is 46.1 Å². The van der Waals surface area contributed by atoms with Gasteiger partial charge >= 0.3 is 0 Å². The number of hydrogen-bond donors (Lipinski definition) is 1. The fraction of sp³-hybridized carbons (Fsp3) is 0.120. The third-order valence-corrected chi connectivity index (χ3v) is 7.31. The molecule has 3 nitrogen and oxygen atoms in total. The van der Waals surface area contributed by atoms with Crippen LogP contribution in [0.15, 0.2) is 67.0 Å². The standard InChI is InChI=1S/C25H18Cl2N2OS/c26-20-7-2-8-21(27)23(20)29-25(30)22-13-17-5-1-4-15-9-10-16(12-19(15)24(17)31-22)18-6-3-11-28-14-18/h2-3,6-14H,1,4-5H2,(H,29,30). The molecule has 0 aliphatic heterocycles. The molecular weight excluding hydrogens is 447 g/mol. The Labute approximate surface area is 194 Å². The van der Waals surface area contributed by atoms with E-state index in [1.54, 1.807) is 24.4 Å². The number of benzene rings is 2. The van der Waals surface area contributed by atoms with E-state index in [2.05, 4.69) is 34.6 Å². The highest BCUT2D eigenvalue weighted by Crippen LogP contribution is 2.41. The quantitative estimate of drug-likeness (QED) is 0.340. The number of pyridine rings is 1. The molecule has 0 atom stereocenters. The van der Waals surface area contributed by atoms with Crippen molar-refractivity contribution in [2.45, 2.75) is 19.3 Å². The van der Waals surface area contributed by atoms with Gasteiger partial charge in [0.1, 0.15) is 0 Å². The van der Waals surface area contributed by atoms with E-state index in [-0.39, 0.29) is 5.91 Å². The first-order valence-corrected chi connectivity index (χ1v) is 11.6. The average molecular weight is 465 g/mol. The molecule has 0 spiro atoms. The van der Waals surface area contributed by atoms with Crippen LogP contribution in [0.5, 0.6) is 0 Å². The minimum absolute atomic E-state index is 0.196. The molecule has 6 heteroatoms. The van der Waals surface area contributed by atoms with Crippen LogP contribution in [0.1, 0.15) is 27.2 Å². The number of carbonyl (C=O) groups is 1. The topological polar surface area (TPSA) is 42.0 Å². The van der Waals surface area contributed by atoms with Crippen molar-refractivity contribution in [1.29, 1.82) is 0 Å². The fourth-order valence-corrected chi connectivity index (χ4v) is 5.58. The minimum atomic E-state index is -0.196. The zero-order valence-corrected chi connectivity index (χ0v) is 18.8. The van der Waals surface area contributed by atoms with E-state index in [1.807, 2.05) is 18.3 Å². The molecule has 0 saturated carbocycles. The van der Waals surface area contributed by atoms with Crippen LogP contribution in [0.2, 0.25) is 10.0 Å². The number of aryl methyl sites for hydroxylation is 2. The van der Waals surface area contributed by atoms with Crippen LogP contribution in [0.25, 0.3) is 21.6 Å². The molecule has 2 heterocycles. The number of carbonyl (C=O) groups excluding carboxylic acids is 1.